The molecule has 0 spiro atoms. The first-order valence-corrected chi connectivity index (χ1v) is 8.69. The van der Waals surface area contributed by atoms with E-state index in [9.17, 15) is 0 Å². The van der Waals surface area contributed by atoms with Crippen molar-refractivity contribution in [1.29, 1.82) is 0 Å². The average Bonchev–Trinajstić information content (AvgIpc) is 2.98. The standard InChI is InChI=1S/C17H12BrN3S/c18-14-8-5-12(6-9-14)11-22-17-20-19-16-10-7-13-3-1-2-4-15(13)21(16)17/h1-10H,11H2. The number of benzene rings is 2. The van der Waals surface area contributed by atoms with Gasteiger partial charge in [-0.3, -0.25) is 4.40 Å². The van der Waals surface area contributed by atoms with E-state index < -0.39 is 0 Å². The van der Waals surface area contributed by atoms with Gasteiger partial charge in [-0.2, -0.15) is 0 Å². The van der Waals surface area contributed by atoms with Gasteiger partial charge in [-0.15, -0.1) is 10.2 Å². The van der Waals surface area contributed by atoms with E-state index in [0.717, 1.165) is 26.5 Å². The molecule has 0 unspecified atom stereocenters. The molecule has 4 rings (SSSR count). The Bertz CT molecular complexity index is 947. The predicted molar refractivity (Wildman–Crippen MR) is 94.2 cm³/mol. The highest BCUT2D eigenvalue weighted by Gasteiger charge is 2.09. The lowest BCUT2D eigenvalue weighted by molar-refractivity contribution is 0.940. The van der Waals surface area contributed by atoms with Gasteiger partial charge in [0.25, 0.3) is 0 Å². The molecule has 2 aromatic heterocycles. The maximum absolute atomic E-state index is 4.34. The van der Waals surface area contributed by atoms with E-state index >= 15 is 0 Å². The van der Waals surface area contributed by atoms with E-state index in [1.807, 2.05) is 18.2 Å². The molecule has 0 N–H and O–H groups in total. The van der Waals surface area contributed by atoms with Crippen LogP contribution >= 0.6 is 27.7 Å². The van der Waals surface area contributed by atoms with Crippen LogP contribution in [0, 0.1) is 0 Å². The molecule has 0 fully saturated rings. The minimum absolute atomic E-state index is 0.872. The van der Waals surface area contributed by atoms with E-state index in [-0.39, 0.29) is 0 Å². The van der Waals surface area contributed by atoms with E-state index in [2.05, 4.69) is 73.0 Å². The number of hydrogen-bond donors (Lipinski definition) is 0. The Morgan fingerprint density at radius 3 is 2.59 bits per heavy atom. The zero-order valence-corrected chi connectivity index (χ0v) is 14.0. The minimum Gasteiger partial charge on any atom is -0.270 e. The molecule has 2 heterocycles. The summed E-state index contributed by atoms with van der Waals surface area (Å²) < 4.78 is 3.22. The van der Waals surface area contributed by atoms with Crippen LogP contribution in [0.1, 0.15) is 5.56 Å². The van der Waals surface area contributed by atoms with Gasteiger partial charge in [-0.25, -0.2) is 0 Å². The molecule has 0 aliphatic rings. The highest BCUT2D eigenvalue weighted by atomic mass is 79.9. The van der Waals surface area contributed by atoms with Gasteiger partial charge in [0.15, 0.2) is 10.8 Å². The van der Waals surface area contributed by atoms with Crippen molar-refractivity contribution in [1.82, 2.24) is 14.6 Å². The third-order valence-corrected chi connectivity index (χ3v) is 5.06. The molecule has 0 saturated carbocycles. The lowest BCUT2D eigenvalue weighted by atomic mass is 10.2. The maximum Gasteiger partial charge on any atom is 0.196 e. The molecule has 3 nitrogen and oxygen atoms in total. The number of para-hydroxylation sites is 1. The Balaban J connectivity index is 1.72. The number of aromatic nitrogens is 3. The molecule has 0 aliphatic heterocycles. The smallest absolute Gasteiger partial charge is 0.196 e. The summed E-state index contributed by atoms with van der Waals surface area (Å²) in [5.41, 5.74) is 3.30. The van der Waals surface area contributed by atoms with E-state index in [0.29, 0.717) is 0 Å². The van der Waals surface area contributed by atoms with Crippen molar-refractivity contribution >= 4 is 44.2 Å². The molecule has 2 aromatic carbocycles. The van der Waals surface area contributed by atoms with Crippen molar-refractivity contribution in [3.8, 4) is 0 Å². The van der Waals surface area contributed by atoms with Crippen LogP contribution in [-0.4, -0.2) is 14.6 Å². The molecule has 0 radical (unpaired) electrons. The maximum atomic E-state index is 4.34. The van der Waals surface area contributed by atoms with Crippen LogP contribution in [0.5, 0.6) is 0 Å². The van der Waals surface area contributed by atoms with Gasteiger partial charge in [-0.05, 0) is 41.3 Å². The van der Waals surface area contributed by atoms with Crippen LogP contribution < -0.4 is 0 Å². The zero-order chi connectivity index (χ0) is 14.9. The van der Waals surface area contributed by atoms with Crippen molar-refractivity contribution in [2.45, 2.75) is 10.9 Å². The number of rotatable bonds is 3. The second kappa shape index (κ2) is 5.74. The molecule has 0 aliphatic carbocycles. The summed E-state index contributed by atoms with van der Waals surface area (Å²) >= 11 is 5.17. The van der Waals surface area contributed by atoms with Crippen LogP contribution in [0.25, 0.3) is 16.6 Å². The van der Waals surface area contributed by atoms with Crippen LogP contribution in [0.2, 0.25) is 0 Å². The fourth-order valence-corrected chi connectivity index (χ4v) is 3.61. The van der Waals surface area contributed by atoms with Gasteiger partial charge in [0.1, 0.15) is 0 Å². The van der Waals surface area contributed by atoms with Crippen LogP contribution in [0.3, 0.4) is 0 Å². The number of nitrogens with zero attached hydrogens (tertiary/aromatic N) is 3. The third kappa shape index (κ3) is 2.51. The first-order chi connectivity index (χ1) is 10.8. The Hall–Kier alpha value is -1.85. The Kier molecular flexibility index (Phi) is 3.60. The van der Waals surface area contributed by atoms with Gasteiger partial charge in [0.2, 0.25) is 0 Å². The predicted octanol–water partition coefficient (Wildman–Crippen LogP) is 4.94. The minimum atomic E-state index is 0.872. The summed E-state index contributed by atoms with van der Waals surface area (Å²) in [5.74, 6) is 0.872. The van der Waals surface area contributed by atoms with Crippen molar-refractivity contribution in [3.63, 3.8) is 0 Å². The summed E-state index contributed by atoms with van der Waals surface area (Å²) in [7, 11) is 0. The van der Waals surface area contributed by atoms with E-state index in [4.69, 9.17) is 0 Å². The molecule has 0 amide bonds. The molecule has 5 heteroatoms. The molecule has 22 heavy (non-hydrogen) atoms. The Labute approximate surface area is 140 Å². The van der Waals surface area contributed by atoms with E-state index in [1.165, 1.54) is 10.9 Å². The van der Waals surface area contributed by atoms with Crippen molar-refractivity contribution in [3.05, 3.63) is 70.7 Å². The van der Waals surface area contributed by atoms with Crippen LogP contribution in [0.15, 0.2) is 70.3 Å². The highest BCUT2D eigenvalue weighted by molar-refractivity contribution is 9.10. The van der Waals surface area contributed by atoms with Crippen LogP contribution in [0.4, 0.5) is 0 Å². The molecule has 0 bridgehead atoms. The van der Waals surface area contributed by atoms with Crippen molar-refractivity contribution in [2.75, 3.05) is 0 Å². The quantitative estimate of drug-likeness (QED) is 0.479. The Morgan fingerprint density at radius 2 is 1.73 bits per heavy atom. The van der Waals surface area contributed by atoms with Gasteiger partial charge < -0.3 is 0 Å². The summed E-state index contributed by atoms with van der Waals surface area (Å²) in [6.45, 7) is 0. The topological polar surface area (TPSA) is 30.2 Å². The molecule has 108 valence electrons. The number of pyridine rings is 1. The summed E-state index contributed by atoms with van der Waals surface area (Å²) in [6.07, 6.45) is 0. The van der Waals surface area contributed by atoms with Gasteiger partial charge in [0.05, 0.1) is 5.52 Å². The normalized spacial score (nSPS) is 11.3. The number of thioether (sulfide) groups is 1. The number of fused-ring (bicyclic) bond motifs is 3. The lowest BCUT2D eigenvalue weighted by Gasteiger charge is -2.04. The lowest BCUT2D eigenvalue weighted by Crippen LogP contribution is -1.91. The van der Waals surface area contributed by atoms with Crippen molar-refractivity contribution in [2.24, 2.45) is 0 Å². The first kappa shape index (κ1) is 13.8. The Morgan fingerprint density at radius 1 is 0.909 bits per heavy atom. The monoisotopic (exact) mass is 369 g/mol. The highest BCUT2D eigenvalue weighted by Crippen LogP contribution is 2.26. The molecule has 4 aromatic rings. The van der Waals surface area contributed by atoms with Crippen LogP contribution in [-0.2, 0) is 5.75 Å². The number of hydrogen-bond acceptors (Lipinski definition) is 3. The second-order valence-corrected chi connectivity index (χ2v) is 6.84. The third-order valence-electron chi connectivity index (χ3n) is 3.53. The first-order valence-electron chi connectivity index (χ1n) is 6.91. The molecular weight excluding hydrogens is 358 g/mol. The molecule has 0 saturated heterocycles. The summed E-state index contributed by atoms with van der Waals surface area (Å²) in [6, 6.07) is 20.8. The second-order valence-electron chi connectivity index (χ2n) is 4.98. The van der Waals surface area contributed by atoms with Gasteiger partial charge in [0, 0.05) is 10.2 Å². The van der Waals surface area contributed by atoms with Gasteiger partial charge in [-0.1, -0.05) is 58.0 Å². The van der Waals surface area contributed by atoms with E-state index in [1.54, 1.807) is 11.8 Å². The summed E-state index contributed by atoms with van der Waals surface area (Å²) in [5, 5.41) is 10.7. The largest absolute Gasteiger partial charge is 0.270 e. The van der Waals surface area contributed by atoms with Crippen molar-refractivity contribution < 1.29 is 0 Å². The fraction of sp³-hybridized carbons (Fsp3) is 0.0588. The SMILES string of the molecule is Brc1ccc(CSc2nnc3ccc4ccccc4n23)cc1. The average molecular weight is 370 g/mol. The zero-order valence-electron chi connectivity index (χ0n) is 11.6. The molecule has 0 atom stereocenters. The molecular formula is C17H12BrN3S. The summed E-state index contributed by atoms with van der Waals surface area (Å²) in [4.78, 5) is 0. The number of halogens is 1. The van der Waals surface area contributed by atoms with Gasteiger partial charge >= 0.3 is 0 Å². The fourth-order valence-electron chi connectivity index (χ4n) is 2.43.